The van der Waals surface area contributed by atoms with Crippen LogP contribution in [0.5, 0.6) is 0 Å². The predicted octanol–water partition coefficient (Wildman–Crippen LogP) is 2.24. The predicted molar refractivity (Wildman–Crippen MR) is 102 cm³/mol. The highest BCUT2D eigenvalue weighted by Gasteiger charge is 2.32. The molecule has 2 heterocycles. The quantitative estimate of drug-likeness (QED) is 0.792. The van der Waals surface area contributed by atoms with Gasteiger partial charge < -0.3 is 9.88 Å². The summed E-state index contributed by atoms with van der Waals surface area (Å²) in [5.74, 6) is -0.418. The molecule has 1 aliphatic heterocycles. The van der Waals surface area contributed by atoms with E-state index in [2.05, 4.69) is 22.7 Å². The summed E-state index contributed by atoms with van der Waals surface area (Å²) in [5.41, 5.74) is 2.55. The second-order valence-electron chi connectivity index (χ2n) is 6.53. The van der Waals surface area contributed by atoms with Crippen molar-refractivity contribution in [2.24, 2.45) is 7.05 Å². The van der Waals surface area contributed by atoms with E-state index < -0.39 is 15.9 Å². The molecule has 0 unspecified atom stereocenters. The van der Waals surface area contributed by atoms with Crippen molar-refractivity contribution in [2.75, 3.05) is 5.32 Å². The van der Waals surface area contributed by atoms with Crippen LogP contribution in [-0.4, -0.2) is 24.9 Å². The first-order chi connectivity index (χ1) is 12.8. The molecule has 27 heavy (non-hydrogen) atoms. The Morgan fingerprint density at radius 3 is 2.89 bits per heavy atom. The molecule has 3 rings (SSSR count). The molecule has 0 spiro atoms. The number of aryl methyl sites for hydroxylation is 2. The maximum absolute atomic E-state index is 12.9. The van der Waals surface area contributed by atoms with Gasteiger partial charge >= 0.3 is 0 Å². The molecule has 7 nitrogen and oxygen atoms in total. The number of hydrogen-bond donors (Lipinski definition) is 2. The van der Waals surface area contributed by atoms with Crippen molar-refractivity contribution in [3.05, 3.63) is 59.4 Å². The fraction of sp³-hybridized carbons (Fsp3) is 0.263. The van der Waals surface area contributed by atoms with Crippen molar-refractivity contribution in [3.8, 4) is 6.07 Å². The molecule has 0 radical (unpaired) electrons. The highest BCUT2D eigenvalue weighted by molar-refractivity contribution is 7.89. The summed E-state index contributed by atoms with van der Waals surface area (Å²) in [6.45, 7) is 5.47. The van der Waals surface area contributed by atoms with Crippen LogP contribution >= 0.6 is 0 Å². The minimum atomic E-state index is -3.73. The molecule has 1 atom stereocenters. The molecule has 1 amide bonds. The van der Waals surface area contributed by atoms with E-state index in [0.717, 1.165) is 5.56 Å². The SMILES string of the molecule is C=C[C@@H]1CCc2c(cn(C)c2C(=O)Nc2ccc(C)c(C#N)c2)S(=O)(=O)N1. The van der Waals surface area contributed by atoms with E-state index in [9.17, 15) is 13.2 Å². The Morgan fingerprint density at radius 2 is 2.22 bits per heavy atom. The summed E-state index contributed by atoms with van der Waals surface area (Å²) in [6.07, 6.45) is 3.95. The number of nitriles is 1. The number of nitrogens with zero attached hydrogens (tertiary/aromatic N) is 2. The molecule has 0 bridgehead atoms. The van der Waals surface area contributed by atoms with Crippen LogP contribution in [0.15, 0.2) is 41.9 Å². The van der Waals surface area contributed by atoms with E-state index in [0.29, 0.717) is 35.3 Å². The van der Waals surface area contributed by atoms with Gasteiger partial charge in [0.15, 0.2) is 0 Å². The number of fused-ring (bicyclic) bond motifs is 1. The summed E-state index contributed by atoms with van der Waals surface area (Å²) < 4.78 is 29.3. The van der Waals surface area contributed by atoms with Crippen LogP contribution in [0.3, 0.4) is 0 Å². The van der Waals surface area contributed by atoms with E-state index in [1.807, 2.05) is 6.92 Å². The van der Waals surface area contributed by atoms with Crippen molar-refractivity contribution in [1.29, 1.82) is 5.26 Å². The van der Waals surface area contributed by atoms with Crippen LogP contribution in [0, 0.1) is 18.3 Å². The van der Waals surface area contributed by atoms with Gasteiger partial charge in [-0.05, 0) is 37.5 Å². The van der Waals surface area contributed by atoms with Gasteiger partial charge in [0.05, 0.1) is 11.6 Å². The average Bonchev–Trinajstić information content (AvgIpc) is 2.91. The molecule has 2 N–H and O–H groups in total. The zero-order chi connectivity index (χ0) is 19.8. The molecule has 1 aromatic heterocycles. The number of carbonyl (C=O) groups excluding carboxylic acids is 1. The zero-order valence-corrected chi connectivity index (χ0v) is 15.9. The Morgan fingerprint density at radius 1 is 1.48 bits per heavy atom. The summed E-state index contributed by atoms with van der Waals surface area (Å²) >= 11 is 0. The van der Waals surface area contributed by atoms with E-state index in [1.165, 1.54) is 10.8 Å². The van der Waals surface area contributed by atoms with Crippen LogP contribution in [0.25, 0.3) is 0 Å². The van der Waals surface area contributed by atoms with Gasteiger partial charge in [0.2, 0.25) is 10.0 Å². The maximum Gasteiger partial charge on any atom is 0.272 e. The second kappa shape index (κ2) is 7.02. The third-order valence-electron chi connectivity index (χ3n) is 4.66. The zero-order valence-electron chi connectivity index (χ0n) is 15.1. The van der Waals surface area contributed by atoms with Crippen molar-refractivity contribution < 1.29 is 13.2 Å². The Labute approximate surface area is 158 Å². The van der Waals surface area contributed by atoms with Gasteiger partial charge in [-0.3, -0.25) is 4.79 Å². The highest BCUT2D eigenvalue weighted by atomic mass is 32.2. The molecule has 140 valence electrons. The van der Waals surface area contributed by atoms with Crippen LogP contribution in [0.2, 0.25) is 0 Å². The molecule has 0 aliphatic carbocycles. The number of nitrogens with one attached hydrogen (secondary N) is 2. The lowest BCUT2D eigenvalue weighted by molar-refractivity contribution is 0.101. The van der Waals surface area contributed by atoms with Crippen molar-refractivity contribution in [2.45, 2.75) is 30.7 Å². The lowest BCUT2D eigenvalue weighted by atomic mass is 10.1. The highest BCUT2D eigenvalue weighted by Crippen LogP contribution is 2.28. The molecule has 0 fully saturated rings. The average molecular weight is 384 g/mol. The topological polar surface area (TPSA) is 104 Å². The Bertz CT molecular complexity index is 1080. The number of aromatic nitrogens is 1. The van der Waals surface area contributed by atoms with Crippen LogP contribution < -0.4 is 10.0 Å². The minimum absolute atomic E-state index is 0.112. The monoisotopic (exact) mass is 384 g/mol. The lowest BCUT2D eigenvalue weighted by Crippen LogP contribution is -2.31. The summed E-state index contributed by atoms with van der Waals surface area (Å²) in [6, 6.07) is 6.77. The number of sulfonamides is 1. The van der Waals surface area contributed by atoms with Gasteiger partial charge in [0.1, 0.15) is 10.6 Å². The van der Waals surface area contributed by atoms with E-state index >= 15 is 0 Å². The van der Waals surface area contributed by atoms with Gasteiger partial charge in [-0.25, -0.2) is 13.1 Å². The number of amides is 1. The molecule has 1 aromatic carbocycles. The van der Waals surface area contributed by atoms with E-state index in [-0.39, 0.29) is 10.9 Å². The Hall–Kier alpha value is -2.89. The second-order valence-corrected chi connectivity index (χ2v) is 8.21. The first kappa shape index (κ1) is 18.9. The van der Waals surface area contributed by atoms with Crippen LogP contribution in [0.1, 0.15) is 33.6 Å². The fourth-order valence-electron chi connectivity index (χ4n) is 3.22. The van der Waals surface area contributed by atoms with Crippen molar-refractivity contribution in [1.82, 2.24) is 9.29 Å². The molecule has 0 saturated heterocycles. The van der Waals surface area contributed by atoms with Crippen LogP contribution in [-0.2, 0) is 23.5 Å². The third-order valence-corrected chi connectivity index (χ3v) is 6.21. The minimum Gasteiger partial charge on any atom is -0.345 e. The molecule has 1 aliphatic rings. The first-order valence-electron chi connectivity index (χ1n) is 8.42. The van der Waals surface area contributed by atoms with E-state index in [1.54, 1.807) is 31.3 Å². The number of anilines is 1. The third kappa shape index (κ3) is 3.52. The summed E-state index contributed by atoms with van der Waals surface area (Å²) in [7, 11) is -2.09. The normalized spacial score (nSPS) is 18.0. The molecule has 0 saturated carbocycles. The lowest BCUT2D eigenvalue weighted by Gasteiger charge is -2.11. The van der Waals surface area contributed by atoms with Crippen LogP contribution in [0.4, 0.5) is 5.69 Å². The molecular formula is C19H20N4O3S. The largest absolute Gasteiger partial charge is 0.345 e. The van der Waals surface area contributed by atoms with Crippen molar-refractivity contribution >= 4 is 21.6 Å². The van der Waals surface area contributed by atoms with Gasteiger partial charge in [-0.2, -0.15) is 5.26 Å². The Balaban J connectivity index is 1.99. The van der Waals surface area contributed by atoms with E-state index in [4.69, 9.17) is 5.26 Å². The fourth-order valence-corrected chi connectivity index (χ4v) is 4.78. The smallest absolute Gasteiger partial charge is 0.272 e. The summed E-state index contributed by atoms with van der Waals surface area (Å²) in [4.78, 5) is 13.0. The molecular weight excluding hydrogens is 364 g/mol. The number of carbonyl (C=O) groups is 1. The van der Waals surface area contributed by atoms with Gasteiger partial charge in [-0.1, -0.05) is 12.1 Å². The number of benzene rings is 1. The van der Waals surface area contributed by atoms with Gasteiger partial charge in [0.25, 0.3) is 5.91 Å². The first-order valence-corrected chi connectivity index (χ1v) is 9.90. The molecule has 8 heteroatoms. The maximum atomic E-state index is 12.9. The van der Waals surface area contributed by atoms with Gasteiger partial charge in [-0.15, -0.1) is 6.58 Å². The number of rotatable bonds is 3. The van der Waals surface area contributed by atoms with Crippen molar-refractivity contribution in [3.63, 3.8) is 0 Å². The number of hydrogen-bond acceptors (Lipinski definition) is 4. The Kier molecular flexibility index (Phi) is 4.91. The standard InChI is InChI=1S/C19H20N4O3S/c1-4-14-7-8-16-17(27(25,26)22-14)11-23(3)18(16)19(24)21-15-6-5-12(2)13(9-15)10-20/h4-6,9,11,14,22H,1,7-8H2,2-3H3,(H,21,24)/t14-/m1/s1. The van der Waals surface area contributed by atoms with Gasteiger partial charge in [0, 0.05) is 30.5 Å². The molecule has 2 aromatic rings. The summed E-state index contributed by atoms with van der Waals surface area (Å²) in [5, 5.41) is 11.9.